The van der Waals surface area contributed by atoms with Crippen LogP contribution in [-0.2, 0) is 28.3 Å². The molecule has 0 radical (unpaired) electrons. The number of esters is 1. The molecule has 156 valence electrons. The molecule has 0 amide bonds. The molecule has 3 N–H and O–H groups in total. The van der Waals surface area contributed by atoms with Gasteiger partial charge in [-0.2, -0.15) is 0 Å². The summed E-state index contributed by atoms with van der Waals surface area (Å²) < 4.78 is 26.5. The molecule has 1 aromatic carbocycles. The maximum Gasteiger partial charge on any atom is 0.343 e. The summed E-state index contributed by atoms with van der Waals surface area (Å²) >= 11 is 0. The van der Waals surface area contributed by atoms with E-state index in [0.29, 0.717) is 22.3 Å². The van der Waals surface area contributed by atoms with Crippen LogP contribution in [0.4, 0.5) is 10.1 Å². The molecule has 0 saturated heterocycles. The molecule has 8 nitrogen and oxygen atoms in total. The van der Waals surface area contributed by atoms with E-state index in [2.05, 4.69) is 4.98 Å². The number of ether oxygens (including phenoxy) is 2. The molecule has 31 heavy (non-hydrogen) atoms. The van der Waals surface area contributed by atoms with Gasteiger partial charge < -0.3 is 24.9 Å². The SMILES string of the molecule is CC[C@@]1(O)C(=O)OCc2c1cc1n(c2=O)Cc2c-1nc1cc(F)c(N)c3c1c2C=CO3. The minimum Gasteiger partial charge on any atom is -0.462 e. The Labute approximate surface area is 174 Å². The van der Waals surface area contributed by atoms with Crippen LogP contribution in [0.5, 0.6) is 5.75 Å². The van der Waals surface area contributed by atoms with E-state index in [4.69, 9.17) is 15.2 Å². The Hall–Kier alpha value is -3.72. The first-order chi connectivity index (χ1) is 14.8. The number of pyridine rings is 2. The molecule has 0 spiro atoms. The molecule has 1 atom stereocenters. The highest BCUT2D eigenvalue weighted by molar-refractivity contribution is 6.01. The second kappa shape index (κ2) is 5.70. The number of nitrogen functional groups attached to an aromatic ring is 1. The summed E-state index contributed by atoms with van der Waals surface area (Å²) in [5.74, 6) is -1.24. The first-order valence-electron chi connectivity index (χ1n) is 9.80. The van der Waals surface area contributed by atoms with Gasteiger partial charge in [0, 0.05) is 17.2 Å². The van der Waals surface area contributed by atoms with Crippen LogP contribution in [0.15, 0.2) is 23.2 Å². The van der Waals surface area contributed by atoms with Crippen LogP contribution in [-0.4, -0.2) is 20.6 Å². The fourth-order valence-corrected chi connectivity index (χ4v) is 4.70. The minimum atomic E-state index is -1.91. The first kappa shape index (κ1) is 18.1. The summed E-state index contributed by atoms with van der Waals surface area (Å²) in [5, 5.41) is 11.5. The Morgan fingerprint density at radius 3 is 2.90 bits per heavy atom. The van der Waals surface area contributed by atoms with Crippen LogP contribution in [0.1, 0.15) is 35.6 Å². The normalized spacial score (nSPS) is 20.2. The summed E-state index contributed by atoms with van der Waals surface area (Å²) in [7, 11) is 0. The van der Waals surface area contributed by atoms with Crippen molar-refractivity contribution >= 4 is 28.6 Å². The maximum atomic E-state index is 14.4. The molecule has 2 aromatic heterocycles. The van der Waals surface area contributed by atoms with Gasteiger partial charge in [0.1, 0.15) is 12.3 Å². The Balaban J connectivity index is 1.70. The number of aromatic nitrogens is 2. The van der Waals surface area contributed by atoms with E-state index in [0.717, 1.165) is 11.1 Å². The third-order valence-electron chi connectivity index (χ3n) is 6.38. The summed E-state index contributed by atoms with van der Waals surface area (Å²) in [6.45, 7) is 1.67. The second-order valence-corrected chi connectivity index (χ2v) is 7.87. The van der Waals surface area contributed by atoms with Crippen LogP contribution in [0, 0.1) is 5.82 Å². The highest BCUT2D eigenvalue weighted by Gasteiger charge is 2.45. The van der Waals surface area contributed by atoms with Crippen molar-refractivity contribution in [1.82, 2.24) is 9.55 Å². The van der Waals surface area contributed by atoms with Gasteiger partial charge in [-0.1, -0.05) is 6.92 Å². The lowest BCUT2D eigenvalue weighted by Crippen LogP contribution is -2.44. The number of aliphatic hydroxyl groups is 1. The number of nitrogens with zero attached hydrogens (tertiary/aromatic N) is 2. The molecule has 3 aliphatic rings. The summed E-state index contributed by atoms with van der Waals surface area (Å²) in [6, 6.07) is 2.86. The summed E-state index contributed by atoms with van der Waals surface area (Å²) in [6.07, 6.45) is 3.21. The van der Waals surface area contributed by atoms with Gasteiger partial charge in [0.15, 0.2) is 17.2 Å². The van der Waals surface area contributed by atoms with E-state index in [9.17, 15) is 19.1 Å². The predicted molar refractivity (Wildman–Crippen MR) is 109 cm³/mol. The summed E-state index contributed by atoms with van der Waals surface area (Å²) in [4.78, 5) is 30.2. The van der Waals surface area contributed by atoms with Crippen LogP contribution < -0.4 is 16.0 Å². The van der Waals surface area contributed by atoms with Crippen molar-refractivity contribution < 1.29 is 23.8 Å². The fraction of sp³-hybridized carbons (Fsp3) is 0.227. The molecule has 6 rings (SSSR count). The molecule has 0 bridgehead atoms. The van der Waals surface area contributed by atoms with Gasteiger partial charge in [-0.15, -0.1) is 0 Å². The third kappa shape index (κ3) is 2.08. The van der Waals surface area contributed by atoms with Gasteiger partial charge in [0.25, 0.3) is 5.56 Å². The van der Waals surface area contributed by atoms with Gasteiger partial charge in [0.05, 0.1) is 40.7 Å². The Morgan fingerprint density at radius 2 is 2.13 bits per heavy atom. The van der Waals surface area contributed by atoms with Crippen molar-refractivity contribution in [2.75, 3.05) is 5.73 Å². The van der Waals surface area contributed by atoms with Crippen LogP contribution in [0.25, 0.3) is 28.4 Å². The fourth-order valence-electron chi connectivity index (χ4n) is 4.70. The van der Waals surface area contributed by atoms with Crippen LogP contribution >= 0.6 is 0 Å². The summed E-state index contributed by atoms with van der Waals surface area (Å²) in [5.41, 5.74) is 6.75. The van der Waals surface area contributed by atoms with Gasteiger partial charge in [-0.25, -0.2) is 14.2 Å². The zero-order valence-electron chi connectivity index (χ0n) is 16.4. The van der Waals surface area contributed by atoms with Crippen molar-refractivity contribution in [2.24, 2.45) is 0 Å². The highest BCUT2D eigenvalue weighted by atomic mass is 19.1. The topological polar surface area (TPSA) is 117 Å². The van der Waals surface area contributed by atoms with E-state index in [-0.39, 0.29) is 47.7 Å². The number of carbonyl (C=O) groups excluding carboxylic acids is 1. The minimum absolute atomic E-state index is 0.0545. The Morgan fingerprint density at radius 1 is 1.32 bits per heavy atom. The second-order valence-electron chi connectivity index (χ2n) is 7.87. The molecule has 3 aliphatic heterocycles. The molecular weight excluding hydrogens is 405 g/mol. The quantitative estimate of drug-likeness (QED) is 0.357. The van der Waals surface area contributed by atoms with E-state index in [1.54, 1.807) is 19.1 Å². The van der Waals surface area contributed by atoms with Gasteiger partial charge >= 0.3 is 5.97 Å². The number of cyclic esters (lactones) is 1. The van der Waals surface area contributed by atoms with Gasteiger partial charge in [-0.3, -0.25) is 4.79 Å². The molecular formula is C22H16FN3O5. The monoisotopic (exact) mass is 421 g/mol. The smallest absolute Gasteiger partial charge is 0.343 e. The van der Waals surface area contributed by atoms with E-state index in [1.165, 1.54) is 16.9 Å². The number of halogens is 1. The van der Waals surface area contributed by atoms with Crippen molar-refractivity contribution in [2.45, 2.75) is 32.1 Å². The van der Waals surface area contributed by atoms with E-state index < -0.39 is 17.4 Å². The molecule has 3 aromatic rings. The molecule has 0 aliphatic carbocycles. The number of rotatable bonds is 1. The van der Waals surface area contributed by atoms with Crippen molar-refractivity contribution in [1.29, 1.82) is 0 Å². The number of nitrogens with two attached hydrogens (primary N) is 1. The highest BCUT2D eigenvalue weighted by Crippen LogP contribution is 2.45. The van der Waals surface area contributed by atoms with E-state index >= 15 is 0 Å². The molecule has 5 heterocycles. The van der Waals surface area contributed by atoms with E-state index in [1.807, 2.05) is 0 Å². The van der Waals surface area contributed by atoms with Crippen LogP contribution in [0.3, 0.4) is 0 Å². The molecule has 9 heteroatoms. The average molecular weight is 421 g/mol. The maximum absolute atomic E-state index is 14.4. The van der Waals surface area contributed by atoms with Crippen molar-refractivity contribution in [3.8, 4) is 17.1 Å². The molecule has 0 saturated carbocycles. The average Bonchev–Trinajstić information content (AvgIpc) is 3.14. The van der Waals surface area contributed by atoms with Gasteiger partial charge in [-0.05, 0) is 24.1 Å². The van der Waals surface area contributed by atoms with Gasteiger partial charge in [0.2, 0.25) is 0 Å². The first-order valence-corrected chi connectivity index (χ1v) is 9.80. The third-order valence-corrected chi connectivity index (χ3v) is 6.38. The largest absolute Gasteiger partial charge is 0.462 e. The molecule has 0 fully saturated rings. The lowest BCUT2D eigenvalue weighted by Gasteiger charge is -2.31. The molecule has 0 unspecified atom stereocenters. The number of hydrogen-bond acceptors (Lipinski definition) is 7. The standard InChI is InChI=1S/C22H16FN3O5/c1-2-22(29)12-5-15-18-10(7-26(15)20(27)11(12)8-31-21(22)28)9-3-4-30-19-16(9)14(25-18)6-13(23)17(19)24/h3-6,29H,2,7-8,24H2,1H3/t22-/m0/s1. The predicted octanol–water partition coefficient (Wildman–Crippen LogP) is 2.16. The number of anilines is 1. The van der Waals surface area contributed by atoms with Crippen molar-refractivity contribution in [3.05, 3.63) is 56.8 Å². The number of carbonyl (C=O) groups is 1. The zero-order chi connectivity index (χ0) is 21.7. The number of benzene rings is 1. The number of hydrogen-bond donors (Lipinski definition) is 2. The lowest BCUT2D eigenvalue weighted by molar-refractivity contribution is -0.172. The Kier molecular flexibility index (Phi) is 3.32. The van der Waals surface area contributed by atoms with Crippen LogP contribution in [0.2, 0.25) is 0 Å². The zero-order valence-corrected chi connectivity index (χ0v) is 16.4. The van der Waals surface area contributed by atoms with Crippen molar-refractivity contribution in [3.63, 3.8) is 0 Å². The number of fused-ring (bicyclic) bond motifs is 5. The lowest BCUT2D eigenvalue weighted by atomic mass is 9.86. The Bertz CT molecular complexity index is 1460.